The van der Waals surface area contributed by atoms with Crippen molar-refractivity contribution in [2.45, 2.75) is 25.3 Å². The van der Waals surface area contributed by atoms with Crippen LogP contribution >= 0.6 is 11.6 Å². The summed E-state index contributed by atoms with van der Waals surface area (Å²) in [6, 6.07) is 6.03. The summed E-state index contributed by atoms with van der Waals surface area (Å²) < 4.78 is 0. The third-order valence-electron chi connectivity index (χ3n) is 4.71. The number of hydrogen-bond acceptors (Lipinski definition) is 6. The Hall–Kier alpha value is -2.38. The van der Waals surface area contributed by atoms with Crippen molar-refractivity contribution in [1.82, 2.24) is 20.6 Å². The van der Waals surface area contributed by atoms with Crippen LogP contribution < -0.4 is 21.3 Å². The first-order chi connectivity index (χ1) is 12.7. The molecular weight excluding hydrogens is 352 g/mol. The fraction of sp³-hybridized carbons (Fsp3) is 0.389. The molecular formula is C18H21ClN6O. The number of halogens is 1. The molecule has 4 N–H and O–H groups in total. The van der Waals surface area contributed by atoms with Gasteiger partial charge in [-0.3, -0.25) is 4.79 Å². The molecule has 26 heavy (non-hydrogen) atoms. The molecule has 1 saturated heterocycles. The van der Waals surface area contributed by atoms with Gasteiger partial charge in [-0.25, -0.2) is 4.98 Å². The average molecular weight is 373 g/mol. The summed E-state index contributed by atoms with van der Waals surface area (Å²) in [4.78, 5) is 20.6. The number of aromatic nitrogens is 2. The molecule has 136 valence electrons. The summed E-state index contributed by atoms with van der Waals surface area (Å²) >= 11 is 6.25. The molecule has 0 saturated carbocycles. The maximum Gasteiger partial charge on any atom is 0.251 e. The smallest absolute Gasteiger partial charge is 0.251 e. The van der Waals surface area contributed by atoms with Crippen molar-refractivity contribution >= 4 is 35.0 Å². The highest BCUT2D eigenvalue weighted by Crippen LogP contribution is 2.25. The Kier molecular flexibility index (Phi) is 4.90. The SMILES string of the molecule is O=C1NCCc2cc(Nc3ncc(Cl)c(NC4CCNCC4)n3)ccc21. The van der Waals surface area contributed by atoms with Crippen molar-refractivity contribution in [1.29, 1.82) is 0 Å². The van der Waals surface area contributed by atoms with Crippen LogP contribution in [0.5, 0.6) is 0 Å². The zero-order valence-corrected chi connectivity index (χ0v) is 15.1. The van der Waals surface area contributed by atoms with E-state index in [9.17, 15) is 4.79 Å². The van der Waals surface area contributed by atoms with E-state index in [2.05, 4.69) is 31.2 Å². The van der Waals surface area contributed by atoms with Crippen LogP contribution in [0.15, 0.2) is 24.4 Å². The van der Waals surface area contributed by atoms with Crippen LogP contribution in [0.4, 0.5) is 17.5 Å². The number of carbonyl (C=O) groups is 1. The average Bonchev–Trinajstić information content (AvgIpc) is 2.65. The Morgan fingerprint density at radius 2 is 2.04 bits per heavy atom. The van der Waals surface area contributed by atoms with E-state index >= 15 is 0 Å². The summed E-state index contributed by atoms with van der Waals surface area (Å²) in [6.07, 6.45) is 4.50. The fourth-order valence-electron chi connectivity index (χ4n) is 3.32. The van der Waals surface area contributed by atoms with Gasteiger partial charge >= 0.3 is 0 Å². The van der Waals surface area contributed by atoms with Gasteiger partial charge in [0.2, 0.25) is 5.95 Å². The molecule has 0 bridgehead atoms. The molecule has 2 aliphatic rings. The number of rotatable bonds is 4. The van der Waals surface area contributed by atoms with Gasteiger partial charge in [-0.05, 0) is 56.1 Å². The quantitative estimate of drug-likeness (QED) is 0.658. The minimum Gasteiger partial charge on any atom is -0.366 e. The van der Waals surface area contributed by atoms with Crippen molar-refractivity contribution in [2.75, 3.05) is 30.3 Å². The second-order valence-corrected chi connectivity index (χ2v) is 6.97. The van der Waals surface area contributed by atoms with E-state index in [1.165, 1.54) is 0 Å². The number of piperidine rings is 1. The van der Waals surface area contributed by atoms with Crippen LogP contribution in [0.25, 0.3) is 0 Å². The number of anilines is 3. The van der Waals surface area contributed by atoms with Gasteiger partial charge in [0.05, 0.1) is 6.20 Å². The minimum absolute atomic E-state index is 0.0194. The monoisotopic (exact) mass is 372 g/mol. The van der Waals surface area contributed by atoms with E-state index < -0.39 is 0 Å². The van der Waals surface area contributed by atoms with E-state index in [1.54, 1.807) is 6.20 Å². The molecule has 8 heteroatoms. The molecule has 0 spiro atoms. The predicted molar refractivity (Wildman–Crippen MR) is 102 cm³/mol. The van der Waals surface area contributed by atoms with Gasteiger partial charge in [0.15, 0.2) is 5.82 Å². The molecule has 2 aromatic rings. The highest BCUT2D eigenvalue weighted by Gasteiger charge is 2.18. The Labute approximate surface area is 156 Å². The summed E-state index contributed by atoms with van der Waals surface area (Å²) in [5, 5.41) is 13.3. The standard InChI is InChI=1S/C18H21ClN6O/c19-15-10-22-18(25-16(15)23-12-4-6-20-7-5-12)24-13-1-2-14-11(9-13)3-8-21-17(14)26/h1-2,9-10,12,20H,3-8H2,(H,21,26)(H2,22,23,24,25). The van der Waals surface area contributed by atoms with Crippen LogP contribution in [0.2, 0.25) is 5.02 Å². The number of nitrogens with zero attached hydrogens (tertiary/aromatic N) is 2. The molecule has 2 aliphatic heterocycles. The fourth-order valence-corrected chi connectivity index (χ4v) is 3.47. The Morgan fingerprint density at radius 3 is 2.88 bits per heavy atom. The van der Waals surface area contributed by atoms with Gasteiger partial charge in [-0.2, -0.15) is 4.98 Å². The molecule has 1 amide bonds. The zero-order valence-electron chi connectivity index (χ0n) is 14.3. The molecule has 1 aromatic heterocycles. The van der Waals surface area contributed by atoms with E-state index in [0.29, 0.717) is 29.4 Å². The van der Waals surface area contributed by atoms with Crippen molar-refractivity contribution in [2.24, 2.45) is 0 Å². The number of benzene rings is 1. The highest BCUT2D eigenvalue weighted by atomic mass is 35.5. The van der Waals surface area contributed by atoms with Crippen molar-refractivity contribution in [3.63, 3.8) is 0 Å². The van der Waals surface area contributed by atoms with Gasteiger partial charge in [-0.1, -0.05) is 11.6 Å². The second-order valence-electron chi connectivity index (χ2n) is 6.56. The third kappa shape index (κ3) is 3.73. The number of fused-ring (bicyclic) bond motifs is 1. The van der Waals surface area contributed by atoms with Crippen LogP contribution in [0.1, 0.15) is 28.8 Å². The number of carbonyl (C=O) groups excluding carboxylic acids is 1. The highest BCUT2D eigenvalue weighted by molar-refractivity contribution is 6.32. The summed E-state index contributed by atoms with van der Waals surface area (Å²) in [5.41, 5.74) is 2.61. The van der Waals surface area contributed by atoms with Gasteiger partial charge in [0, 0.05) is 23.8 Å². The number of amides is 1. The molecule has 1 fully saturated rings. The van der Waals surface area contributed by atoms with Gasteiger partial charge in [0.1, 0.15) is 5.02 Å². The van der Waals surface area contributed by atoms with Crippen LogP contribution in [0.3, 0.4) is 0 Å². The predicted octanol–water partition coefficient (Wildman–Crippen LogP) is 2.32. The van der Waals surface area contributed by atoms with E-state index in [4.69, 9.17) is 11.6 Å². The first-order valence-corrected chi connectivity index (χ1v) is 9.25. The number of hydrogen-bond donors (Lipinski definition) is 4. The maximum atomic E-state index is 11.8. The van der Waals surface area contributed by atoms with Gasteiger partial charge < -0.3 is 21.3 Å². The molecule has 1 aromatic carbocycles. The van der Waals surface area contributed by atoms with E-state index in [0.717, 1.165) is 49.2 Å². The van der Waals surface area contributed by atoms with Crippen LogP contribution in [-0.4, -0.2) is 41.6 Å². The van der Waals surface area contributed by atoms with Crippen molar-refractivity contribution < 1.29 is 4.79 Å². The molecule has 7 nitrogen and oxygen atoms in total. The topological polar surface area (TPSA) is 91.0 Å². The lowest BCUT2D eigenvalue weighted by Gasteiger charge is -2.24. The number of nitrogens with one attached hydrogen (secondary N) is 4. The maximum absolute atomic E-state index is 11.8. The minimum atomic E-state index is -0.0194. The Balaban J connectivity index is 1.51. The van der Waals surface area contributed by atoms with Crippen LogP contribution in [-0.2, 0) is 6.42 Å². The van der Waals surface area contributed by atoms with E-state index in [1.807, 2.05) is 18.2 Å². The van der Waals surface area contributed by atoms with Gasteiger partial charge in [-0.15, -0.1) is 0 Å². The van der Waals surface area contributed by atoms with Crippen LogP contribution in [0, 0.1) is 0 Å². The van der Waals surface area contributed by atoms with E-state index in [-0.39, 0.29) is 5.91 Å². The lowest BCUT2D eigenvalue weighted by Crippen LogP contribution is -2.35. The third-order valence-corrected chi connectivity index (χ3v) is 4.99. The van der Waals surface area contributed by atoms with Gasteiger partial charge in [0.25, 0.3) is 5.91 Å². The second kappa shape index (κ2) is 7.47. The molecule has 0 aliphatic carbocycles. The molecule has 4 rings (SSSR count). The Bertz CT molecular complexity index is 821. The first kappa shape index (κ1) is 17.1. The first-order valence-electron chi connectivity index (χ1n) is 8.87. The molecule has 0 unspecified atom stereocenters. The lowest BCUT2D eigenvalue weighted by molar-refractivity contribution is 0.0946. The molecule has 0 radical (unpaired) electrons. The summed E-state index contributed by atoms with van der Waals surface area (Å²) in [7, 11) is 0. The molecule has 3 heterocycles. The van der Waals surface area contributed by atoms with Crippen molar-refractivity contribution in [3.05, 3.63) is 40.5 Å². The Morgan fingerprint density at radius 1 is 1.19 bits per heavy atom. The summed E-state index contributed by atoms with van der Waals surface area (Å²) in [5.74, 6) is 1.11. The lowest BCUT2D eigenvalue weighted by atomic mass is 10.00. The largest absolute Gasteiger partial charge is 0.366 e. The summed E-state index contributed by atoms with van der Waals surface area (Å²) in [6.45, 7) is 2.65. The van der Waals surface area contributed by atoms with Crippen molar-refractivity contribution in [3.8, 4) is 0 Å². The normalized spacial score (nSPS) is 17.3. The molecule has 0 atom stereocenters. The zero-order chi connectivity index (χ0) is 17.9.